The second-order valence-electron chi connectivity index (χ2n) is 5.35. The lowest BCUT2D eigenvalue weighted by Crippen LogP contribution is -2.46. The minimum atomic E-state index is 0.299. The third-order valence-electron chi connectivity index (χ3n) is 3.86. The summed E-state index contributed by atoms with van der Waals surface area (Å²) < 4.78 is 4.69. The largest absolute Gasteiger partial charge is 0.359 e. The highest BCUT2D eigenvalue weighted by Crippen LogP contribution is 2.38. The van der Waals surface area contributed by atoms with Crippen molar-refractivity contribution in [3.63, 3.8) is 0 Å². The van der Waals surface area contributed by atoms with Crippen molar-refractivity contribution in [3.05, 3.63) is 12.2 Å². The van der Waals surface area contributed by atoms with Gasteiger partial charge in [0.1, 0.15) is 6.54 Å². The fraction of sp³-hybridized carbons (Fsp3) is 0.750. The van der Waals surface area contributed by atoms with Crippen molar-refractivity contribution in [2.24, 2.45) is 10.9 Å². The zero-order chi connectivity index (χ0) is 12.4. The monoisotopic (exact) mass is 266 g/mol. The molecule has 1 saturated heterocycles. The molecule has 2 heterocycles. The van der Waals surface area contributed by atoms with Crippen LogP contribution in [0, 0.1) is 5.92 Å². The van der Waals surface area contributed by atoms with Gasteiger partial charge in [-0.2, -0.15) is 4.98 Å². The van der Waals surface area contributed by atoms with Crippen molar-refractivity contribution in [2.45, 2.75) is 44.7 Å². The number of aliphatic imine (C=N–C) groups is 1. The van der Waals surface area contributed by atoms with Crippen LogP contribution in [0.2, 0.25) is 0 Å². The van der Waals surface area contributed by atoms with Crippen molar-refractivity contribution in [2.75, 3.05) is 5.75 Å². The highest BCUT2D eigenvalue weighted by atomic mass is 32.2. The van der Waals surface area contributed by atoms with Gasteiger partial charge in [-0.3, -0.25) is 4.99 Å². The van der Waals surface area contributed by atoms with E-state index in [4.69, 9.17) is 4.52 Å². The van der Waals surface area contributed by atoms with Crippen molar-refractivity contribution < 1.29 is 4.52 Å². The molecule has 0 radical (unpaired) electrons. The van der Waals surface area contributed by atoms with Crippen molar-refractivity contribution in [1.29, 1.82) is 0 Å². The Morgan fingerprint density at radius 3 is 3.11 bits per heavy atom. The van der Waals surface area contributed by atoms with Crippen LogP contribution in [0.3, 0.4) is 0 Å². The molecule has 0 atom stereocenters. The van der Waals surface area contributed by atoms with E-state index < -0.39 is 0 Å². The van der Waals surface area contributed by atoms with Crippen molar-refractivity contribution in [1.82, 2.24) is 15.5 Å². The van der Waals surface area contributed by atoms with Gasteiger partial charge in [0.25, 0.3) is 0 Å². The van der Waals surface area contributed by atoms with Crippen LogP contribution in [0.25, 0.3) is 0 Å². The third kappa shape index (κ3) is 2.53. The third-order valence-corrected chi connectivity index (χ3v) is 5.06. The Hall–Kier alpha value is -1.04. The number of nitrogens with one attached hydrogen (secondary N) is 1. The van der Waals surface area contributed by atoms with Crippen LogP contribution in [-0.2, 0) is 6.54 Å². The molecule has 98 valence electrons. The average Bonchev–Trinajstić information content (AvgIpc) is 3.02. The van der Waals surface area contributed by atoms with Gasteiger partial charge in [-0.05, 0) is 31.6 Å². The highest BCUT2D eigenvalue weighted by Gasteiger charge is 2.39. The smallest absolute Gasteiger partial charge is 0.213 e. The Balaban J connectivity index is 1.59. The molecule has 0 amide bonds. The Morgan fingerprint density at radius 1 is 1.56 bits per heavy atom. The molecule has 1 aromatic rings. The van der Waals surface area contributed by atoms with Crippen LogP contribution >= 0.6 is 11.8 Å². The Labute approximate surface area is 111 Å². The lowest BCUT2D eigenvalue weighted by Gasteiger charge is -2.35. The van der Waals surface area contributed by atoms with Crippen LogP contribution in [0.1, 0.15) is 38.4 Å². The molecule has 5 nitrogen and oxygen atoms in total. The number of aromatic nitrogens is 2. The summed E-state index contributed by atoms with van der Waals surface area (Å²) in [4.78, 5) is 8.49. The van der Waals surface area contributed by atoms with Gasteiger partial charge in [-0.25, -0.2) is 0 Å². The van der Waals surface area contributed by atoms with Gasteiger partial charge in [0.05, 0.1) is 0 Å². The van der Waals surface area contributed by atoms with Gasteiger partial charge >= 0.3 is 0 Å². The number of hydrogen-bond acceptors (Lipinski definition) is 5. The fourth-order valence-corrected chi connectivity index (χ4v) is 3.80. The Kier molecular flexibility index (Phi) is 3.28. The standard InChI is InChI=1S/C12H18N4OS/c1-9-2-4-12(5-3-9)7-18-11(15-12)13-6-10-14-8-17-16-10/h8-9H,2-7H2,1H3,(H,13,15). The number of amidine groups is 1. The molecule has 1 N–H and O–H groups in total. The molecule has 0 aromatic carbocycles. The van der Waals surface area contributed by atoms with Crippen LogP contribution in [0.5, 0.6) is 0 Å². The van der Waals surface area contributed by atoms with Crippen molar-refractivity contribution in [3.8, 4) is 0 Å². The van der Waals surface area contributed by atoms with Gasteiger partial charge in [-0.1, -0.05) is 23.8 Å². The van der Waals surface area contributed by atoms with Gasteiger partial charge in [0.15, 0.2) is 11.0 Å². The molecular formula is C12H18N4OS. The second-order valence-corrected chi connectivity index (χ2v) is 6.31. The topological polar surface area (TPSA) is 63.3 Å². The summed E-state index contributed by atoms with van der Waals surface area (Å²) >= 11 is 1.82. The van der Waals surface area contributed by atoms with Gasteiger partial charge in [-0.15, -0.1) is 0 Å². The fourth-order valence-electron chi connectivity index (χ4n) is 2.58. The van der Waals surface area contributed by atoms with Crippen LogP contribution in [-0.4, -0.2) is 26.6 Å². The van der Waals surface area contributed by atoms with E-state index in [1.54, 1.807) is 0 Å². The summed E-state index contributed by atoms with van der Waals surface area (Å²) in [5.74, 6) is 2.66. The number of thioether (sulfide) groups is 1. The normalized spacial score (nSPS) is 34.1. The summed E-state index contributed by atoms with van der Waals surface area (Å²) in [6.45, 7) is 2.85. The molecular weight excluding hydrogens is 248 g/mol. The summed E-state index contributed by atoms with van der Waals surface area (Å²) in [5, 5.41) is 8.41. The predicted octanol–water partition coefficient (Wildman–Crippen LogP) is 2.21. The molecule has 1 aliphatic carbocycles. The van der Waals surface area contributed by atoms with E-state index in [1.165, 1.54) is 32.1 Å². The van der Waals surface area contributed by atoms with E-state index in [1.807, 2.05) is 11.8 Å². The maximum atomic E-state index is 4.69. The van der Waals surface area contributed by atoms with Gasteiger partial charge < -0.3 is 9.84 Å². The molecule has 2 fully saturated rings. The maximum absolute atomic E-state index is 4.69. The maximum Gasteiger partial charge on any atom is 0.213 e. The molecule has 1 aliphatic heterocycles. The minimum Gasteiger partial charge on any atom is -0.359 e. The summed E-state index contributed by atoms with van der Waals surface area (Å²) in [6.07, 6.45) is 6.52. The number of nitrogens with zero attached hydrogens (tertiary/aromatic N) is 3. The lowest BCUT2D eigenvalue weighted by atomic mass is 9.78. The molecule has 2 aliphatic rings. The Morgan fingerprint density at radius 2 is 2.39 bits per heavy atom. The molecule has 3 rings (SSSR count). The van der Waals surface area contributed by atoms with Crippen LogP contribution in [0.15, 0.2) is 15.9 Å². The van der Waals surface area contributed by atoms with E-state index in [2.05, 4.69) is 27.4 Å². The van der Waals surface area contributed by atoms with E-state index in [0.29, 0.717) is 17.9 Å². The average molecular weight is 266 g/mol. The first-order chi connectivity index (χ1) is 8.76. The van der Waals surface area contributed by atoms with Crippen molar-refractivity contribution >= 4 is 16.9 Å². The first-order valence-electron chi connectivity index (χ1n) is 6.46. The quantitative estimate of drug-likeness (QED) is 0.889. The zero-order valence-corrected chi connectivity index (χ0v) is 11.4. The van der Waals surface area contributed by atoms with E-state index in [-0.39, 0.29) is 0 Å². The molecule has 1 saturated carbocycles. The molecule has 1 aromatic heterocycles. The summed E-state index contributed by atoms with van der Waals surface area (Å²) in [6, 6.07) is 0. The predicted molar refractivity (Wildman–Crippen MR) is 71.4 cm³/mol. The van der Waals surface area contributed by atoms with Gasteiger partial charge in [0, 0.05) is 11.3 Å². The highest BCUT2D eigenvalue weighted by molar-refractivity contribution is 8.14. The first-order valence-corrected chi connectivity index (χ1v) is 7.45. The summed E-state index contributed by atoms with van der Waals surface area (Å²) in [5.41, 5.74) is 0.299. The number of rotatable bonds is 2. The zero-order valence-electron chi connectivity index (χ0n) is 10.6. The van der Waals surface area contributed by atoms with E-state index in [9.17, 15) is 0 Å². The van der Waals surface area contributed by atoms with Gasteiger partial charge in [0.2, 0.25) is 6.39 Å². The lowest BCUT2D eigenvalue weighted by molar-refractivity contribution is 0.251. The second kappa shape index (κ2) is 4.91. The summed E-state index contributed by atoms with van der Waals surface area (Å²) in [7, 11) is 0. The SMILES string of the molecule is CC1CCC2(CC1)CSC(=NCc1ncon1)N2. The Bertz CT molecular complexity index is 423. The minimum absolute atomic E-state index is 0.299. The number of hydrogen-bond donors (Lipinski definition) is 1. The van der Waals surface area contributed by atoms with Crippen LogP contribution < -0.4 is 5.32 Å². The molecule has 1 spiro atoms. The van der Waals surface area contributed by atoms with E-state index >= 15 is 0 Å². The molecule has 18 heavy (non-hydrogen) atoms. The molecule has 6 heteroatoms. The molecule has 0 unspecified atom stereocenters. The molecule has 0 bridgehead atoms. The first kappa shape index (κ1) is 12.0. The van der Waals surface area contributed by atoms with Crippen LogP contribution in [0.4, 0.5) is 0 Å². The van der Waals surface area contributed by atoms with E-state index in [0.717, 1.165) is 16.8 Å².